The number of H-pyrrole nitrogens is 1. The molecule has 2 aromatic heterocycles. The van der Waals surface area contributed by atoms with Crippen molar-refractivity contribution in [1.29, 1.82) is 0 Å². The van der Waals surface area contributed by atoms with Crippen LogP contribution in [0.15, 0.2) is 29.1 Å². The number of rotatable bonds is 6. The second-order valence-corrected chi connectivity index (χ2v) is 8.49. The Morgan fingerprint density at radius 2 is 2.21 bits per heavy atom. The minimum Gasteiger partial charge on any atom is -0.496 e. The fourth-order valence-corrected chi connectivity index (χ4v) is 5.35. The summed E-state index contributed by atoms with van der Waals surface area (Å²) in [7, 11) is 1.58. The summed E-state index contributed by atoms with van der Waals surface area (Å²) in [4.78, 5) is 34.0. The topological polar surface area (TPSA) is 92.3 Å². The maximum atomic E-state index is 12.8. The number of aryl methyl sites for hydroxylation is 2. The van der Waals surface area contributed by atoms with Gasteiger partial charge in [0.25, 0.3) is 5.56 Å². The SMILES string of the molecule is COc1ccccc1/C=C(\SCC(=O)O)c1nc2sc3c(c2c(=O)[nH]1)CCC3. The molecular formula is C20H18N2O4S2. The number of para-hydroxylation sites is 1. The maximum absolute atomic E-state index is 12.8. The number of methoxy groups -OCH3 is 1. The number of carbonyl (C=O) groups is 1. The molecule has 8 heteroatoms. The van der Waals surface area contributed by atoms with E-state index in [0.29, 0.717) is 26.7 Å². The van der Waals surface area contributed by atoms with Crippen molar-refractivity contribution in [1.82, 2.24) is 9.97 Å². The van der Waals surface area contributed by atoms with Gasteiger partial charge in [0.15, 0.2) is 0 Å². The number of thioether (sulfide) groups is 1. The van der Waals surface area contributed by atoms with Gasteiger partial charge < -0.3 is 14.8 Å². The van der Waals surface area contributed by atoms with Gasteiger partial charge >= 0.3 is 5.97 Å². The predicted octanol–water partition coefficient (Wildman–Crippen LogP) is 3.80. The molecule has 0 fully saturated rings. The molecule has 0 unspecified atom stereocenters. The maximum Gasteiger partial charge on any atom is 0.313 e. The molecule has 0 atom stereocenters. The molecule has 0 amide bonds. The number of hydrogen-bond acceptors (Lipinski definition) is 6. The van der Waals surface area contributed by atoms with E-state index in [9.17, 15) is 9.59 Å². The van der Waals surface area contributed by atoms with Crippen LogP contribution in [0.25, 0.3) is 21.2 Å². The van der Waals surface area contributed by atoms with Gasteiger partial charge in [-0.1, -0.05) is 18.2 Å². The third-order valence-corrected chi connectivity index (χ3v) is 6.78. The van der Waals surface area contributed by atoms with Gasteiger partial charge in [-0.25, -0.2) is 4.98 Å². The van der Waals surface area contributed by atoms with Gasteiger partial charge in [-0.2, -0.15) is 0 Å². The number of ether oxygens (including phenoxy) is 1. The molecule has 0 spiro atoms. The molecule has 0 radical (unpaired) electrons. The van der Waals surface area contributed by atoms with Crippen LogP contribution < -0.4 is 10.3 Å². The molecule has 1 aliphatic carbocycles. The zero-order chi connectivity index (χ0) is 19.7. The molecule has 2 heterocycles. The van der Waals surface area contributed by atoms with Crippen molar-refractivity contribution < 1.29 is 14.6 Å². The van der Waals surface area contributed by atoms with E-state index in [2.05, 4.69) is 9.97 Å². The molecule has 6 nitrogen and oxygen atoms in total. The molecular weight excluding hydrogens is 396 g/mol. The first-order valence-corrected chi connectivity index (χ1v) is 10.6. The molecule has 2 N–H and O–H groups in total. The lowest BCUT2D eigenvalue weighted by Gasteiger charge is -2.09. The van der Waals surface area contributed by atoms with Crippen molar-refractivity contribution in [3.05, 3.63) is 56.4 Å². The van der Waals surface area contributed by atoms with E-state index in [1.54, 1.807) is 24.5 Å². The minimum absolute atomic E-state index is 0.135. The summed E-state index contributed by atoms with van der Waals surface area (Å²) in [5.41, 5.74) is 1.74. The van der Waals surface area contributed by atoms with Gasteiger partial charge in [0.2, 0.25) is 0 Å². The molecule has 4 rings (SSSR count). The van der Waals surface area contributed by atoms with Crippen molar-refractivity contribution >= 4 is 50.3 Å². The smallest absolute Gasteiger partial charge is 0.313 e. The zero-order valence-corrected chi connectivity index (χ0v) is 16.8. The number of carboxylic acids is 1. The van der Waals surface area contributed by atoms with E-state index in [1.807, 2.05) is 24.3 Å². The predicted molar refractivity (Wildman–Crippen MR) is 113 cm³/mol. The molecule has 3 aromatic rings. The molecule has 144 valence electrons. The van der Waals surface area contributed by atoms with Crippen LogP contribution >= 0.6 is 23.1 Å². The van der Waals surface area contributed by atoms with Crippen molar-refractivity contribution in [3.8, 4) is 5.75 Å². The van der Waals surface area contributed by atoms with Gasteiger partial charge in [-0.3, -0.25) is 9.59 Å². The highest BCUT2D eigenvalue weighted by Gasteiger charge is 2.22. The Balaban J connectivity index is 1.83. The number of nitrogens with zero attached hydrogens (tertiary/aromatic N) is 1. The molecule has 1 aliphatic rings. The highest BCUT2D eigenvalue weighted by molar-refractivity contribution is 8.09. The minimum atomic E-state index is -0.936. The summed E-state index contributed by atoms with van der Waals surface area (Å²) in [6.07, 6.45) is 4.78. The van der Waals surface area contributed by atoms with Crippen LogP contribution in [-0.4, -0.2) is 33.9 Å². The Bertz CT molecular complexity index is 1150. The number of aliphatic carboxylic acids is 1. The Hall–Kier alpha value is -2.58. The van der Waals surface area contributed by atoms with Crippen LogP contribution in [0.3, 0.4) is 0 Å². The number of hydrogen-bond donors (Lipinski definition) is 2. The summed E-state index contributed by atoms with van der Waals surface area (Å²) in [6.45, 7) is 0. The molecule has 0 saturated heterocycles. The third kappa shape index (κ3) is 3.57. The largest absolute Gasteiger partial charge is 0.496 e. The molecule has 1 aromatic carbocycles. The Morgan fingerprint density at radius 1 is 1.39 bits per heavy atom. The first-order valence-electron chi connectivity index (χ1n) is 8.81. The summed E-state index contributed by atoms with van der Waals surface area (Å²) < 4.78 is 5.38. The van der Waals surface area contributed by atoms with Crippen LogP contribution in [0.1, 0.15) is 28.2 Å². The van der Waals surface area contributed by atoms with Crippen LogP contribution in [0.5, 0.6) is 5.75 Å². The number of aromatic nitrogens is 2. The Labute approximate surface area is 169 Å². The highest BCUT2D eigenvalue weighted by atomic mass is 32.2. The van der Waals surface area contributed by atoms with E-state index in [-0.39, 0.29) is 11.3 Å². The molecule has 28 heavy (non-hydrogen) atoms. The first kappa shape index (κ1) is 18.8. The number of benzene rings is 1. The third-order valence-electron chi connectivity index (χ3n) is 4.59. The lowest BCUT2D eigenvalue weighted by atomic mass is 10.2. The lowest BCUT2D eigenvalue weighted by molar-refractivity contribution is -0.133. The van der Waals surface area contributed by atoms with Crippen molar-refractivity contribution in [2.24, 2.45) is 0 Å². The van der Waals surface area contributed by atoms with Crippen LogP contribution in [0, 0.1) is 0 Å². The highest BCUT2D eigenvalue weighted by Crippen LogP contribution is 2.36. The number of thiophene rings is 1. The van der Waals surface area contributed by atoms with Crippen molar-refractivity contribution in [2.45, 2.75) is 19.3 Å². The van der Waals surface area contributed by atoms with Crippen molar-refractivity contribution in [2.75, 3.05) is 12.9 Å². The average molecular weight is 415 g/mol. The van der Waals surface area contributed by atoms with Gasteiger partial charge in [0.05, 0.1) is 23.2 Å². The number of aromatic amines is 1. The van der Waals surface area contributed by atoms with Gasteiger partial charge in [0.1, 0.15) is 16.4 Å². The van der Waals surface area contributed by atoms with Crippen molar-refractivity contribution in [3.63, 3.8) is 0 Å². The quantitative estimate of drug-likeness (QED) is 0.637. The fourth-order valence-electron chi connectivity index (χ4n) is 3.36. The molecule has 0 aliphatic heterocycles. The lowest BCUT2D eigenvalue weighted by Crippen LogP contribution is -2.11. The second kappa shape index (κ2) is 7.81. The Morgan fingerprint density at radius 3 is 3.00 bits per heavy atom. The molecule has 0 bridgehead atoms. The number of carboxylic acid groups (broad SMARTS) is 1. The summed E-state index contributed by atoms with van der Waals surface area (Å²) >= 11 is 2.68. The van der Waals surface area contributed by atoms with E-state index in [4.69, 9.17) is 9.84 Å². The van der Waals surface area contributed by atoms with Gasteiger partial charge in [-0.15, -0.1) is 23.1 Å². The van der Waals surface area contributed by atoms with E-state index < -0.39 is 5.97 Å². The van der Waals surface area contributed by atoms with Gasteiger partial charge in [0, 0.05) is 10.4 Å². The summed E-state index contributed by atoms with van der Waals surface area (Å²) in [5.74, 6) is -0.0255. The number of nitrogens with one attached hydrogen (secondary N) is 1. The zero-order valence-electron chi connectivity index (χ0n) is 15.2. The second-order valence-electron chi connectivity index (χ2n) is 6.38. The number of fused-ring (bicyclic) bond motifs is 3. The standard InChI is InChI=1S/C20H18N2O4S2/c1-26-13-7-3-2-5-11(13)9-15(27-10-16(23)24)18-21-19(25)17-12-6-4-8-14(12)28-20(17)22-18/h2-3,5,7,9H,4,6,8,10H2,1H3,(H,23,24)(H,21,22,25)/b15-9-. The Kier molecular flexibility index (Phi) is 5.23. The van der Waals surface area contributed by atoms with E-state index >= 15 is 0 Å². The van der Waals surface area contributed by atoms with E-state index in [0.717, 1.165) is 42.2 Å². The fraction of sp³-hybridized carbons (Fsp3) is 0.250. The van der Waals surface area contributed by atoms with E-state index in [1.165, 1.54) is 4.88 Å². The molecule has 0 saturated carbocycles. The summed E-state index contributed by atoms with van der Waals surface area (Å²) in [5, 5.41) is 9.80. The van der Waals surface area contributed by atoms with Crippen LogP contribution in [-0.2, 0) is 17.6 Å². The van der Waals surface area contributed by atoms with Crippen LogP contribution in [0.4, 0.5) is 0 Å². The van der Waals surface area contributed by atoms with Crippen LogP contribution in [0.2, 0.25) is 0 Å². The monoisotopic (exact) mass is 414 g/mol. The normalized spacial score (nSPS) is 13.7. The van der Waals surface area contributed by atoms with Gasteiger partial charge in [-0.05, 0) is 37.0 Å². The summed E-state index contributed by atoms with van der Waals surface area (Å²) in [6, 6.07) is 7.43. The average Bonchev–Trinajstić information content (AvgIpc) is 3.25. The first-order chi connectivity index (χ1) is 13.6.